The third-order valence-corrected chi connectivity index (χ3v) is 7.20. The fourth-order valence-corrected chi connectivity index (χ4v) is 4.92. The van der Waals surface area contributed by atoms with Gasteiger partial charge in [0.25, 0.3) is 0 Å². The second kappa shape index (κ2) is 12.8. The molecule has 2 aromatic carbocycles. The van der Waals surface area contributed by atoms with Crippen LogP contribution in [0.2, 0.25) is 10.0 Å². The van der Waals surface area contributed by atoms with Crippen molar-refractivity contribution in [2.24, 2.45) is 0 Å². The minimum absolute atomic E-state index is 0.0243. The first-order valence-electron chi connectivity index (χ1n) is 11.9. The number of nitrogens with zero attached hydrogens (tertiary/aromatic N) is 2. The highest BCUT2D eigenvalue weighted by molar-refractivity contribution is 7.92. The summed E-state index contributed by atoms with van der Waals surface area (Å²) < 4.78 is 32.3. The maximum absolute atomic E-state index is 13.8. The van der Waals surface area contributed by atoms with Gasteiger partial charge in [-0.3, -0.25) is 13.9 Å². The first-order chi connectivity index (χ1) is 17.2. The van der Waals surface area contributed by atoms with Gasteiger partial charge in [-0.25, -0.2) is 8.42 Å². The average Bonchev–Trinajstić information content (AvgIpc) is 2.78. The molecule has 2 aromatic rings. The van der Waals surface area contributed by atoms with Gasteiger partial charge < -0.3 is 15.0 Å². The van der Waals surface area contributed by atoms with E-state index in [1.807, 2.05) is 20.8 Å². The molecule has 11 heteroatoms. The van der Waals surface area contributed by atoms with Crippen molar-refractivity contribution >= 4 is 50.7 Å². The summed E-state index contributed by atoms with van der Waals surface area (Å²) in [5.41, 5.74) is 0.352. The van der Waals surface area contributed by atoms with Crippen molar-refractivity contribution in [3.8, 4) is 5.75 Å². The van der Waals surface area contributed by atoms with Crippen LogP contribution in [0.25, 0.3) is 0 Å². The van der Waals surface area contributed by atoms with Crippen LogP contribution < -0.4 is 14.4 Å². The van der Waals surface area contributed by atoms with Crippen molar-refractivity contribution < 1.29 is 22.7 Å². The number of amides is 2. The van der Waals surface area contributed by atoms with Crippen molar-refractivity contribution in [3.63, 3.8) is 0 Å². The molecular formula is C26H35Cl2N3O5S. The summed E-state index contributed by atoms with van der Waals surface area (Å²) in [4.78, 5) is 28.4. The van der Waals surface area contributed by atoms with Crippen molar-refractivity contribution in [2.75, 3.05) is 23.7 Å². The molecule has 0 aliphatic carbocycles. The first kappa shape index (κ1) is 30.7. The summed E-state index contributed by atoms with van der Waals surface area (Å²) in [6.45, 7) is 8.93. The number of anilines is 1. The Hall–Kier alpha value is -2.49. The number of halogens is 2. The molecule has 0 aromatic heterocycles. The number of carbonyl (C=O) groups is 2. The zero-order valence-corrected chi connectivity index (χ0v) is 24.4. The van der Waals surface area contributed by atoms with E-state index in [1.54, 1.807) is 56.3 Å². The van der Waals surface area contributed by atoms with Crippen LogP contribution in [0.15, 0.2) is 42.5 Å². The third-order valence-electron chi connectivity index (χ3n) is 5.33. The molecule has 37 heavy (non-hydrogen) atoms. The lowest BCUT2D eigenvalue weighted by atomic mass is 10.1. The molecule has 1 N–H and O–H groups in total. The molecule has 2 amide bonds. The Morgan fingerprint density at radius 2 is 1.70 bits per heavy atom. The van der Waals surface area contributed by atoms with Crippen LogP contribution in [0.3, 0.4) is 0 Å². The number of para-hydroxylation sites is 2. The minimum atomic E-state index is -3.89. The van der Waals surface area contributed by atoms with Gasteiger partial charge in [0.1, 0.15) is 18.3 Å². The fraction of sp³-hybridized carbons (Fsp3) is 0.462. The molecule has 1 atom stereocenters. The number of hydrogen-bond acceptors (Lipinski definition) is 5. The van der Waals surface area contributed by atoms with E-state index in [0.29, 0.717) is 34.4 Å². The van der Waals surface area contributed by atoms with Gasteiger partial charge >= 0.3 is 0 Å². The van der Waals surface area contributed by atoms with Gasteiger partial charge in [-0.15, -0.1) is 0 Å². The van der Waals surface area contributed by atoms with E-state index in [1.165, 1.54) is 4.90 Å². The lowest BCUT2D eigenvalue weighted by Crippen LogP contribution is -2.55. The van der Waals surface area contributed by atoms with Crippen LogP contribution >= 0.6 is 23.2 Å². The van der Waals surface area contributed by atoms with E-state index in [4.69, 9.17) is 27.9 Å². The largest absolute Gasteiger partial charge is 0.492 e. The molecule has 0 radical (unpaired) electrons. The topological polar surface area (TPSA) is 96.0 Å². The molecule has 0 aliphatic rings. The highest BCUT2D eigenvalue weighted by Gasteiger charge is 2.33. The molecule has 0 spiro atoms. The Kier molecular flexibility index (Phi) is 10.7. The Morgan fingerprint density at radius 3 is 2.24 bits per heavy atom. The zero-order valence-electron chi connectivity index (χ0n) is 22.0. The SMILES string of the molecule is CCOc1ccccc1N(CC(=O)N(Cc1ccc(Cl)c(Cl)c1)C(CC)C(=O)NC(C)(C)C)S(C)(=O)=O. The number of sulfonamides is 1. The lowest BCUT2D eigenvalue weighted by molar-refractivity contribution is -0.141. The van der Waals surface area contributed by atoms with Crippen molar-refractivity contribution in [3.05, 3.63) is 58.1 Å². The van der Waals surface area contributed by atoms with Gasteiger partial charge in [0.05, 0.1) is 28.6 Å². The summed E-state index contributed by atoms with van der Waals surface area (Å²) in [7, 11) is -3.89. The number of rotatable bonds is 11. The van der Waals surface area contributed by atoms with Gasteiger partial charge in [-0.05, 0) is 63.9 Å². The highest BCUT2D eigenvalue weighted by atomic mass is 35.5. The van der Waals surface area contributed by atoms with Gasteiger partial charge in [-0.1, -0.05) is 48.3 Å². The summed E-state index contributed by atoms with van der Waals surface area (Å²) in [6.07, 6.45) is 1.33. The van der Waals surface area contributed by atoms with Crippen LogP contribution in [0, 0.1) is 0 Å². The number of benzene rings is 2. The molecule has 0 bridgehead atoms. The number of hydrogen-bond donors (Lipinski definition) is 1. The number of carbonyl (C=O) groups excluding carboxylic acids is 2. The minimum Gasteiger partial charge on any atom is -0.492 e. The van der Waals surface area contributed by atoms with Gasteiger partial charge in [-0.2, -0.15) is 0 Å². The molecule has 204 valence electrons. The lowest BCUT2D eigenvalue weighted by Gasteiger charge is -2.34. The Labute approximate surface area is 229 Å². The molecule has 8 nitrogen and oxygen atoms in total. The number of nitrogens with one attached hydrogen (secondary N) is 1. The van der Waals surface area contributed by atoms with E-state index < -0.39 is 34.1 Å². The highest BCUT2D eigenvalue weighted by Crippen LogP contribution is 2.30. The average molecular weight is 573 g/mol. The van der Waals surface area contributed by atoms with E-state index in [2.05, 4.69) is 5.32 Å². The third kappa shape index (κ3) is 8.79. The Bertz CT molecular complexity index is 1210. The van der Waals surface area contributed by atoms with Crippen LogP contribution in [0.4, 0.5) is 5.69 Å². The van der Waals surface area contributed by atoms with Crippen molar-refractivity contribution in [2.45, 2.75) is 59.2 Å². The Morgan fingerprint density at radius 1 is 1.05 bits per heavy atom. The first-order valence-corrected chi connectivity index (χ1v) is 14.5. The second-order valence-electron chi connectivity index (χ2n) is 9.60. The van der Waals surface area contributed by atoms with Gasteiger partial charge in [0, 0.05) is 12.1 Å². The van der Waals surface area contributed by atoms with E-state index in [9.17, 15) is 18.0 Å². The quantitative estimate of drug-likeness (QED) is 0.414. The van der Waals surface area contributed by atoms with Gasteiger partial charge in [0.15, 0.2) is 0 Å². The van der Waals surface area contributed by atoms with Crippen molar-refractivity contribution in [1.29, 1.82) is 0 Å². The molecule has 1 unspecified atom stereocenters. The smallest absolute Gasteiger partial charge is 0.244 e. The maximum Gasteiger partial charge on any atom is 0.244 e. The van der Waals surface area contributed by atoms with Crippen LogP contribution in [-0.2, 0) is 26.2 Å². The van der Waals surface area contributed by atoms with Crippen LogP contribution in [-0.4, -0.2) is 56.1 Å². The molecule has 0 heterocycles. The van der Waals surface area contributed by atoms with Crippen LogP contribution in [0.1, 0.15) is 46.6 Å². The summed E-state index contributed by atoms with van der Waals surface area (Å²) in [5.74, 6) is -0.570. The Balaban J connectivity index is 2.53. The monoisotopic (exact) mass is 571 g/mol. The van der Waals surface area contributed by atoms with E-state index >= 15 is 0 Å². The summed E-state index contributed by atoms with van der Waals surface area (Å²) in [5, 5.41) is 3.59. The second-order valence-corrected chi connectivity index (χ2v) is 12.3. The van der Waals surface area contributed by atoms with Gasteiger partial charge in [0.2, 0.25) is 21.8 Å². The molecular weight excluding hydrogens is 537 g/mol. The van der Waals surface area contributed by atoms with E-state index in [0.717, 1.165) is 10.6 Å². The number of ether oxygens (including phenoxy) is 1. The zero-order chi connectivity index (χ0) is 28.0. The molecule has 2 rings (SSSR count). The summed E-state index contributed by atoms with van der Waals surface area (Å²) in [6, 6.07) is 10.7. The fourth-order valence-electron chi connectivity index (χ4n) is 3.74. The standard InChI is InChI=1S/C26H35Cl2N3O5S/c1-7-21(25(33)29-26(3,4)5)30(16-18-13-14-19(27)20(28)15-18)24(32)17-31(37(6,34)35)22-11-9-10-12-23(22)36-8-2/h9-15,21H,7-8,16-17H2,1-6H3,(H,29,33). The van der Waals surface area contributed by atoms with E-state index in [-0.39, 0.29) is 18.1 Å². The predicted molar refractivity (Wildman–Crippen MR) is 149 cm³/mol. The maximum atomic E-state index is 13.8. The molecule has 0 saturated carbocycles. The normalized spacial score (nSPS) is 12.5. The summed E-state index contributed by atoms with van der Waals surface area (Å²) >= 11 is 12.3. The molecule has 0 fully saturated rings. The predicted octanol–water partition coefficient (Wildman–Crippen LogP) is 4.88. The molecule has 0 aliphatic heterocycles. The van der Waals surface area contributed by atoms with Crippen LogP contribution in [0.5, 0.6) is 5.75 Å². The molecule has 0 saturated heterocycles. The van der Waals surface area contributed by atoms with Crippen molar-refractivity contribution in [1.82, 2.24) is 10.2 Å².